The van der Waals surface area contributed by atoms with Gasteiger partial charge in [-0.2, -0.15) is 0 Å². The topological polar surface area (TPSA) is 113 Å². The van der Waals surface area contributed by atoms with Crippen molar-refractivity contribution in [1.82, 2.24) is 0 Å². The minimum Gasteiger partial charge on any atom is -0.726 e. The maximum absolute atomic E-state index is 12.0. The Morgan fingerprint density at radius 1 is 1.34 bits per heavy atom. The Bertz CT molecular complexity index is 864. The molecule has 29 heavy (non-hydrogen) atoms. The van der Waals surface area contributed by atoms with Crippen molar-refractivity contribution in [2.45, 2.75) is 58.5 Å². The number of ether oxygens (including phenoxy) is 1. The first-order chi connectivity index (χ1) is 13.0. The Balaban J connectivity index is 0.00000240. The average Bonchev–Trinajstić information content (AvgIpc) is 2.84. The number of allylic oxidation sites excluding steroid dienone is 3. The molecule has 1 saturated carbocycles. The number of esters is 1. The van der Waals surface area contributed by atoms with Crippen molar-refractivity contribution >= 4 is 16.4 Å². The third kappa shape index (κ3) is 4.02. The van der Waals surface area contributed by atoms with Crippen LogP contribution in [-0.4, -0.2) is 43.4 Å². The van der Waals surface area contributed by atoms with E-state index in [9.17, 15) is 22.9 Å². The summed E-state index contributed by atoms with van der Waals surface area (Å²) < 4.78 is 43.0. The van der Waals surface area contributed by atoms with Gasteiger partial charge in [0.15, 0.2) is 0 Å². The van der Waals surface area contributed by atoms with Crippen molar-refractivity contribution < 1.29 is 61.3 Å². The van der Waals surface area contributed by atoms with Crippen LogP contribution in [0.3, 0.4) is 0 Å². The minimum atomic E-state index is -4.82. The van der Waals surface area contributed by atoms with Gasteiger partial charge >= 0.3 is 35.5 Å². The van der Waals surface area contributed by atoms with Gasteiger partial charge in [-0.1, -0.05) is 31.1 Å². The second-order valence-corrected chi connectivity index (χ2v) is 10.2. The fraction of sp³-hybridized carbons (Fsp3) is 0.750. The van der Waals surface area contributed by atoms with Crippen molar-refractivity contribution in [2.75, 3.05) is 13.2 Å². The van der Waals surface area contributed by atoms with E-state index in [1.807, 2.05) is 13.0 Å². The molecule has 1 aliphatic heterocycles. The Kier molecular flexibility index (Phi) is 6.50. The van der Waals surface area contributed by atoms with Gasteiger partial charge in [0.1, 0.15) is 0 Å². The summed E-state index contributed by atoms with van der Waals surface area (Å²) in [6.07, 6.45) is 5.70. The SMILES string of the molecule is C[C@@]1(COS(=O)(=O)[O-])[C@H](O)CC[C@@]2(C)C3=C(CC[C@H]12)C[C@@H]1COC(=O)C1=CC3.[Na+]. The second-order valence-electron chi connectivity index (χ2n) is 9.18. The average molecular weight is 434 g/mol. The number of aliphatic hydroxyl groups is 1. The molecule has 0 amide bonds. The van der Waals surface area contributed by atoms with Crippen LogP contribution in [0.25, 0.3) is 0 Å². The van der Waals surface area contributed by atoms with E-state index in [0.717, 1.165) is 31.3 Å². The van der Waals surface area contributed by atoms with Crippen LogP contribution in [0.15, 0.2) is 22.8 Å². The normalized spacial score (nSPS) is 39.4. The van der Waals surface area contributed by atoms with Gasteiger partial charge in [-0.25, -0.2) is 13.2 Å². The van der Waals surface area contributed by atoms with Crippen molar-refractivity contribution in [2.24, 2.45) is 22.7 Å². The van der Waals surface area contributed by atoms with Gasteiger partial charge < -0.3 is 14.4 Å². The molecule has 7 nitrogen and oxygen atoms in total. The Labute approximate surface area is 194 Å². The van der Waals surface area contributed by atoms with Gasteiger partial charge in [0, 0.05) is 16.9 Å². The second kappa shape index (κ2) is 8.04. The standard InChI is InChI=1S/C20H28O7S.Na/c1-19-8-7-17(21)20(2,11-27-28(23,24)25)16(19)6-3-12-9-13-10-26-18(22)14(13)4-5-15(12)19;/h4,13,16-17,21H,3,5-11H2,1-2H3,(H,23,24,25);/q;+1/p-1/t13-,16+,17-,19+,20+;/m1./s1. The Hall–Kier alpha value is -0.220. The molecule has 1 N–H and O–H groups in total. The summed E-state index contributed by atoms with van der Waals surface area (Å²) in [5.41, 5.74) is 2.40. The molecule has 1 heterocycles. The van der Waals surface area contributed by atoms with Crippen LogP contribution in [0.4, 0.5) is 0 Å². The molecule has 2 fully saturated rings. The van der Waals surface area contributed by atoms with Gasteiger partial charge in [0.25, 0.3) is 0 Å². The molecule has 4 rings (SSSR count). The summed E-state index contributed by atoms with van der Waals surface area (Å²) in [6.45, 7) is 4.14. The van der Waals surface area contributed by atoms with Gasteiger partial charge in [-0.05, 0) is 49.9 Å². The zero-order valence-corrected chi connectivity index (χ0v) is 20.1. The smallest absolute Gasteiger partial charge is 0.726 e. The van der Waals surface area contributed by atoms with E-state index in [2.05, 4.69) is 11.1 Å². The van der Waals surface area contributed by atoms with Crippen LogP contribution in [-0.2, 0) is 24.1 Å². The number of aliphatic hydroxyl groups excluding tert-OH is 1. The Morgan fingerprint density at radius 3 is 2.76 bits per heavy atom. The first-order valence-electron chi connectivity index (χ1n) is 9.91. The zero-order valence-electron chi connectivity index (χ0n) is 17.3. The van der Waals surface area contributed by atoms with Gasteiger partial charge in [-0.3, -0.25) is 4.18 Å². The monoisotopic (exact) mass is 434 g/mol. The maximum atomic E-state index is 12.0. The number of rotatable bonds is 3. The first kappa shape index (κ1) is 23.4. The van der Waals surface area contributed by atoms with Crippen LogP contribution in [0, 0.1) is 22.7 Å². The van der Waals surface area contributed by atoms with E-state index in [1.54, 1.807) is 0 Å². The molecule has 0 spiro atoms. The van der Waals surface area contributed by atoms with Crippen molar-refractivity contribution in [3.8, 4) is 0 Å². The van der Waals surface area contributed by atoms with Gasteiger partial charge in [0.2, 0.25) is 10.4 Å². The van der Waals surface area contributed by atoms with Gasteiger partial charge in [0.05, 0.1) is 19.3 Å². The molecule has 0 aromatic heterocycles. The quantitative estimate of drug-likeness (QED) is 0.204. The minimum absolute atomic E-state index is 0. The molecular formula is C20H27NaO7S. The molecule has 4 aliphatic rings. The zero-order chi connectivity index (χ0) is 20.3. The van der Waals surface area contributed by atoms with Crippen molar-refractivity contribution in [3.05, 3.63) is 22.8 Å². The summed E-state index contributed by atoms with van der Waals surface area (Å²) in [4.78, 5) is 12.0. The largest absolute Gasteiger partial charge is 1.00 e. The van der Waals surface area contributed by atoms with Crippen molar-refractivity contribution in [3.63, 3.8) is 0 Å². The molecule has 3 aliphatic carbocycles. The fourth-order valence-corrected chi connectivity index (χ4v) is 6.62. The van der Waals surface area contributed by atoms with E-state index in [-0.39, 0.29) is 59.4 Å². The first-order valence-corrected chi connectivity index (χ1v) is 11.2. The summed E-state index contributed by atoms with van der Waals surface area (Å²) in [5.74, 6) is -0.105. The third-order valence-electron chi connectivity index (χ3n) is 7.74. The molecule has 9 heteroatoms. The van der Waals surface area contributed by atoms with E-state index in [1.165, 1.54) is 11.1 Å². The third-order valence-corrected chi connectivity index (χ3v) is 8.15. The molecule has 5 atom stereocenters. The summed E-state index contributed by atoms with van der Waals surface area (Å²) in [7, 11) is -4.82. The van der Waals surface area contributed by atoms with E-state index in [0.29, 0.717) is 19.4 Å². The van der Waals surface area contributed by atoms with Crippen LogP contribution >= 0.6 is 0 Å². The van der Waals surface area contributed by atoms with Crippen molar-refractivity contribution in [1.29, 1.82) is 0 Å². The number of fused-ring (bicyclic) bond motifs is 3. The van der Waals surface area contributed by atoms with Crippen LogP contribution in [0.1, 0.15) is 52.4 Å². The molecule has 0 radical (unpaired) electrons. The van der Waals surface area contributed by atoms with Crippen LogP contribution in [0.2, 0.25) is 0 Å². The fourth-order valence-electron chi connectivity index (χ4n) is 6.23. The molecule has 0 aromatic rings. The number of hydrogen-bond donors (Lipinski definition) is 1. The number of carbonyl (C=O) groups excluding carboxylic acids is 1. The van der Waals surface area contributed by atoms with E-state index < -0.39 is 21.9 Å². The maximum Gasteiger partial charge on any atom is 1.00 e. The number of hydrogen-bond acceptors (Lipinski definition) is 7. The summed E-state index contributed by atoms with van der Waals surface area (Å²) in [6, 6.07) is 0. The summed E-state index contributed by atoms with van der Waals surface area (Å²) in [5, 5.41) is 10.7. The van der Waals surface area contributed by atoms with E-state index in [4.69, 9.17) is 4.74 Å². The molecule has 0 unspecified atom stereocenters. The number of cyclic esters (lactones) is 1. The summed E-state index contributed by atoms with van der Waals surface area (Å²) >= 11 is 0. The molecule has 156 valence electrons. The molecular weight excluding hydrogens is 407 g/mol. The Morgan fingerprint density at radius 2 is 2.07 bits per heavy atom. The van der Waals surface area contributed by atoms with Crippen LogP contribution < -0.4 is 29.6 Å². The predicted octanol–water partition coefficient (Wildman–Crippen LogP) is -0.766. The van der Waals surface area contributed by atoms with Crippen LogP contribution in [0.5, 0.6) is 0 Å². The molecule has 0 bridgehead atoms. The van der Waals surface area contributed by atoms with E-state index >= 15 is 0 Å². The predicted molar refractivity (Wildman–Crippen MR) is 98.6 cm³/mol. The molecule has 1 saturated heterocycles. The molecule has 0 aromatic carbocycles. The number of carbonyl (C=O) groups is 1. The van der Waals surface area contributed by atoms with Gasteiger partial charge in [-0.15, -0.1) is 0 Å².